The molecule has 0 aromatic carbocycles. The first-order chi connectivity index (χ1) is 8.93. The third-order valence-corrected chi connectivity index (χ3v) is 3.48. The molecule has 2 rings (SSSR count). The van der Waals surface area contributed by atoms with Crippen LogP contribution in [0.5, 0.6) is 0 Å². The van der Waals surface area contributed by atoms with Crippen LogP contribution in [0.15, 0.2) is 18.5 Å². The summed E-state index contributed by atoms with van der Waals surface area (Å²) < 4.78 is 1.98. The van der Waals surface area contributed by atoms with Crippen molar-refractivity contribution < 1.29 is 5.11 Å². The van der Waals surface area contributed by atoms with Crippen LogP contribution in [0.1, 0.15) is 56.5 Å². The number of hydrogen-bond acceptors (Lipinski definition) is 3. The monoisotopic (exact) mass is 261 g/mol. The first kappa shape index (κ1) is 14.0. The van der Waals surface area contributed by atoms with Crippen LogP contribution in [0.25, 0.3) is 5.65 Å². The number of aliphatic hydroxyl groups is 1. The number of fused-ring (bicyclic) bond motifs is 1. The molecule has 0 fully saturated rings. The Labute approximate surface area is 114 Å². The second-order valence-corrected chi connectivity index (χ2v) is 5.74. The standard InChI is InChI=1S/C15H23N3O/c1-9(2)11-5-13(14(19)10(3)4)15-17-12(6-16)8-18(15)7-11/h5,7-10,14,19H,6,16H2,1-4H3. The van der Waals surface area contributed by atoms with E-state index < -0.39 is 6.10 Å². The van der Waals surface area contributed by atoms with Crippen molar-refractivity contribution in [2.75, 3.05) is 0 Å². The van der Waals surface area contributed by atoms with Crippen molar-refractivity contribution in [2.24, 2.45) is 11.7 Å². The largest absolute Gasteiger partial charge is 0.388 e. The second kappa shape index (κ2) is 5.31. The molecule has 0 spiro atoms. The summed E-state index contributed by atoms with van der Waals surface area (Å²) in [6.45, 7) is 8.73. The molecule has 2 heterocycles. The van der Waals surface area contributed by atoms with Crippen molar-refractivity contribution in [1.82, 2.24) is 9.38 Å². The number of aromatic nitrogens is 2. The van der Waals surface area contributed by atoms with Crippen LogP contribution in [0, 0.1) is 5.92 Å². The molecule has 1 unspecified atom stereocenters. The van der Waals surface area contributed by atoms with Crippen molar-refractivity contribution in [3.8, 4) is 0 Å². The molecule has 0 aliphatic carbocycles. The Kier molecular flexibility index (Phi) is 3.92. The topological polar surface area (TPSA) is 63.5 Å². The fourth-order valence-electron chi connectivity index (χ4n) is 2.19. The van der Waals surface area contributed by atoms with E-state index in [0.717, 1.165) is 16.9 Å². The first-order valence-electron chi connectivity index (χ1n) is 6.83. The Morgan fingerprint density at radius 2 is 1.95 bits per heavy atom. The Hall–Kier alpha value is -1.39. The molecule has 4 heteroatoms. The van der Waals surface area contributed by atoms with Gasteiger partial charge in [-0.3, -0.25) is 0 Å². The molecule has 2 aromatic heterocycles. The first-order valence-corrected chi connectivity index (χ1v) is 6.83. The molecule has 0 saturated carbocycles. The highest BCUT2D eigenvalue weighted by atomic mass is 16.3. The molecule has 0 amide bonds. The number of pyridine rings is 1. The highest BCUT2D eigenvalue weighted by Gasteiger charge is 2.19. The molecule has 104 valence electrons. The molecule has 2 aromatic rings. The third-order valence-electron chi connectivity index (χ3n) is 3.48. The van der Waals surface area contributed by atoms with Crippen LogP contribution < -0.4 is 5.73 Å². The normalized spacial score (nSPS) is 13.7. The van der Waals surface area contributed by atoms with E-state index >= 15 is 0 Å². The average molecular weight is 261 g/mol. The fourth-order valence-corrected chi connectivity index (χ4v) is 2.19. The van der Waals surface area contributed by atoms with Gasteiger partial charge in [-0.2, -0.15) is 0 Å². The number of nitrogens with zero attached hydrogens (tertiary/aromatic N) is 2. The molecule has 0 saturated heterocycles. The molecular formula is C15H23N3O. The predicted molar refractivity (Wildman–Crippen MR) is 77.0 cm³/mol. The van der Waals surface area contributed by atoms with Crippen LogP contribution >= 0.6 is 0 Å². The number of imidazole rings is 1. The Balaban J connectivity index is 2.66. The van der Waals surface area contributed by atoms with Gasteiger partial charge in [0.2, 0.25) is 0 Å². The summed E-state index contributed by atoms with van der Waals surface area (Å²) in [5.41, 5.74) is 9.40. The highest BCUT2D eigenvalue weighted by molar-refractivity contribution is 5.52. The highest BCUT2D eigenvalue weighted by Crippen LogP contribution is 2.28. The molecular weight excluding hydrogens is 238 g/mol. The van der Waals surface area contributed by atoms with E-state index in [4.69, 9.17) is 5.73 Å². The zero-order chi connectivity index (χ0) is 14.2. The van der Waals surface area contributed by atoms with Crippen LogP contribution in [0.3, 0.4) is 0 Å². The third kappa shape index (κ3) is 2.65. The lowest BCUT2D eigenvalue weighted by Crippen LogP contribution is -2.09. The predicted octanol–water partition coefficient (Wildman–Crippen LogP) is 2.61. The molecule has 0 aliphatic rings. The molecule has 19 heavy (non-hydrogen) atoms. The Morgan fingerprint density at radius 1 is 1.26 bits per heavy atom. The Morgan fingerprint density at radius 3 is 2.47 bits per heavy atom. The van der Waals surface area contributed by atoms with E-state index in [1.54, 1.807) is 0 Å². The maximum Gasteiger partial charge on any atom is 0.142 e. The summed E-state index contributed by atoms with van der Waals surface area (Å²) in [4.78, 5) is 4.51. The number of aliphatic hydroxyl groups excluding tert-OH is 1. The molecule has 1 atom stereocenters. The zero-order valence-electron chi connectivity index (χ0n) is 12.1. The fraction of sp³-hybridized carbons (Fsp3) is 0.533. The van der Waals surface area contributed by atoms with Crippen molar-refractivity contribution in [1.29, 1.82) is 0 Å². The van der Waals surface area contributed by atoms with Crippen LogP contribution in [-0.2, 0) is 6.54 Å². The van der Waals surface area contributed by atoms with Crippen molar-refractivity contribution in [3.63, 3.8) is 0 Å². The van der Waals surface area contributed by atoms with Gasteiger partial charge in [-0.15, -0.1) is 0 Å². The van der Waals surface area contributed by atoms with E-state index in [1.165, 1.54) is 5.56 Å². The number of rotatable bonds is 4. The van der Waals surface area contributed by atoms with Crippen molar-refractivity contribution in [3.05, 3.63) is 35.3 Å². The van der Waals surface area contributed by atoms with Gasteiger partial charge in [0.25, 0.3) is 0 Å². The molecule has 4 nitrogen and oxygen atoms in total. The lowest BCUT2D eigenvalue weighted by molar-refractivity contribution is 0.127. The second-order valence-electron chi connectivity index (χ2n) is 5.74. The summed E-state index contributed by atoms with van der Waals surface area (Å²) in [6.07, 6.45) is 3.51. The van der Waals surface area contributed by atoms with Gasteiger partial charge in [0.1, 0.15) is 5.65 Å². The van der Waals surface area contributed by atoms with Gasteiger partial charge in [-0.05, 0) is 23.5 Å². The molecule has 3 N–H and O–H groups in total. The minimum Gasteiger partial charge on any atom is -0.388 e. The van der Waals surface area contributed by atoms with Gasteiger partial charge in [0, 0.05) is 24.5 Å². The van der Waals surface area contributed by atoms with Gasteiger partial charge in [-0.1, -0.05) is 27.7 Å². The molecule has 0 radical (unpaired) electrons. The summed E-state index contributed by atoms with van der Waals surface area (Å²) in [6, 6.07) is 2.07. The van der Waals surface area contributed by atoms with E-state index in [-0.39, 0.29) is 5.92 Å². The lowest BCUT2D eigenvalue weighted by atomic mass is 9.96. The lowest BCUT2D eigenvalue weighted by Gasteiger charge is -2.18. The average Bonchev–Trinajstić information content (AvgIpc) is 2.79. The SMILES string of the molecule is CC(C)c1cc(C(O)C(C)C)c2nc(CN)cn2c1. The minimum absolute atomic E-state index is 0.157. The molecule has 0 bridgehead atoms. The van der Waals surface area contributed by atoms with Gasteiger partial charge < -0.3 is 15.2 Å². The minimum atomic E-state index is -0.505. The summed E-state index contributed by atoms with van der Waals surface area (Å²) in [7, 11) is 0. The van der Waals surface area contributed by atoms with E-state index in [0.29, 0.717) is 12.5 Å². The van der Waals surface area contributed by atoms with Gasteiger partial charge in [0.15, 0.2) is 0 Å². The van der Waals surface area contributed by atoms with E-state index in [9.17, 15) is 5.11 Å². The smallest absolute Gasteiger partial charge is 0.142 e. The van der Waals surface area contributed by atoms with E-state index in [1.807, 2.05) is 24.4 Å². The van der Waals surface area contributed by atoms with Crippen LogP contribution in [0.2, 0.25) is 0 Å². The summed E-state index contributed by atoms with van der Waals surface area (Å²) in [5.74, 6) is 0.565. The number of nitrogens with two attached hydrogens (primary N) is 1. The zero-order valence-corrected chi connectivity index (χ0v) is 12.1. The van der Waals surface area contributed by atoms with Gasteiger partial charge in [0.05, 0.1) is 11.8 Å². The summed E-state index contributed by atoms with van der Waals surface area (Å²) in [5, 5.41) is 10.4. The van der Waals surface area contributed by atoms with Crippen LogP contribution in [-0.4, -0.2) is 14.5 Å². The van der Waals surface area contributed by atoms with Crippen molar-refractivity contribution >= 4 is 5.65 Å². The summed E-state index contributed by atoms with van der Waals surface area (Å²) >= 11 is 0. The van der Waals surface area contributed by atoms with Crippen LogP contribution in [0.4, 0.5) is 0 Å². The Bertz CT molecular complexity index is 572. The molecule has 0 aliphatic heterocycles. The maximum absolute atomic E-state index is 10.4. The van der Waals surface area contributed by atoms with Gasteiger partial charge in [-0.25, -0.2) is 4.98 Å². The quantitative estimate of drug-likeness (QED) is 0.889. The maximum atomic E-state index is 10.4. The van der Waals surface area contributed by atoms with Crippen molar-refractivity contribution in [2.45, 2.75) is 46.3 Å². The van der Waals surface area contributed by atoms with Gasteiger partial charge >= 0.3 is 0 Å². The van der Waals surface area contributed by atoms with E-state index in [2.05, 4.69) is 31.1 Å². The number of hydrogen-bond donors (Lipinski definition) is 2.